The molecule has 0 aliphatic carbocycles. The van der Waals surface area contributed by atoms with Crippen molar-refractivity contribution >= 4 is 40.3 Å². The standard InChI is InChI=1S/C21H17N3OS2/c1-2-23-20(25)18(27-21(23)26)13-16-14-24(17-11-7-4-8-12-17)22-19(16)15-9-5-3-6-10-15/h3-14H,2H2,1H3/b18-13-. The minimum absolute atomic E-state index is 0.0426. The van der Waals surface area contributed by atoms with Gasteiger partial charge < -0.3 is 0 Å². The number of hydrogen-bond donors (Lipinski definition) is 0. The van der Waals surface area contributed by atoms with Crippen molar-refractivity contribution in [2.75, 3.05) is 6.54 Å². The van der Waals surface area contributed by atoms with Gasteiger partial charge in [-0.2, -0.15) is 5.10 Å². The van der Waals surface area contributed by atoms with Gasteiger partial charge in [0.1, 0.15) is 4.32 Å². The molecule has 0 spiro atoms. The van der Waals surface area contributed by atoms with Gasteiger partial charge in [-0.25, -0.2) is 4.68 Å². The molecule has 2 heterocycles. The van der Waals surface area contributed by atoms with E-state index in [1.54, 1.807) is 4.90 Å². The molecule has 4 rings (SSSR count). The van der Waals surface area contributed by atoms with Gasteiger partial charge >= 0.3 is 0 Å². The van der Waals surface area contributed by atoms with E-state index in [9.17, 15) is 4.79 Å². The van der Waals surface area contributed by atoms with E-state index in [2.05, 4.69) is 0 Å². The van der Waals surface area contributed by atoms with Crippen LogP contribution in [0.2, 0.25) is 0 Å². The van der Waals surface area contributed by atoms with Crippen LogP contribution in [0.1, 0.15) is 12.5 Å². The Hall–Kier alpha value is -2.70. The predicted molar refractivity (Wildman–Crippen MR) is 115 cm³/mol. The number of benzene rings is 2. The quantitative estimate of drug-likeness (QED) is 0.475. The summed E-state index contributed by atoms with van der Waals surface area (Å²) in [6.45, 7) is 2.51. The first kappa shape index (κ1) is 17.7. The Kier molecular flexibility index (Phi) is 4.92. The SMILES string of the molecule is CCN1C(=O)/C(=C/c2cn(-c3ccccc3)nc2-c2ccccc2)SC1=S. The Morgan fingerprint density at radius 1 is 1.07 bits per heavy atom. The minimum Gasteiger partial charge on any atom is -0.293 e. The van der Waals surface area contributed by atoms with E-state index < -0.39 is 0 Å². The van der Waals surface area contributed by atoms with E-state index in [-0.39, 0.29) is 5.91 Å². The smallest absolute Gasteiger partial charge is 0.266 e. The third kappa shape index (κ3) is 3.46. The highest BCUT2D eigenvalue weighted by Gasteiger charge is 2.31. The molecule has 3 aromatic rings. The summed E-state index contributed by atoms with van der Waals surface area (Å²) in [4.78, 5) is 14.8. The Morgan fingerprint density at radius 3 is 2.37 bits per heavy atom. The van der Waals surface area contributed by atoms with Crippen LogP contribution in [0, 0.1) is 0 Å². The van der Waals surface area contributed by atoms with Crippen LogP contribution in [0.5, 0.6) is 0 Å². The summed E-state index contributed by atoms with van der Waals surface area (Å²) in [7, 11) is 0. The first-order valence-electron chi connectivity index (χ1n) is 8.63. The van der Waals surface area contributed by atoms with E-state index in [0.717, 1.165) is 22.5 Å². The zero-order valence-electron chi connectivity index (χ0n) is 14.7. The topological polar surface area (TPSA) is 38.1 Å². The molecule has 0 atom stereocenters. The summed E-state index contributed by atoms with van der Waals surface area (Å²) in [5.74, 6) is -0.0426. The van der Waals surface area contributed by atoms with Gasteiger partial charge in [0.2, 0.25) is 0 Å². The largest absolute Gasteiger partial charge is 0.293 e. The number of carbonyl (C=O) groups is 1. The van der Waals surface area contributed by atoms with Crippen molar-refractivity contribution in [1.29, 1.82) is 0 Å². The summed E-state index contributed by atoms with van der Waals surface area (Å²) in [5, 5.41) is 4.78. The van der Waals surface area contributed by atoms with E-state index in [4.69, 9.17) is 17.3 Å². The number of likely N-dealkylation sites (N-methyl/N-ethyl adjacent to an activating group) is 1. The maximum absolute atomic E-state index is 12.6. The van der Waals surface area contributed by atoms with E-state index >= 15 is 0 Å². The molecule has 1 aromatic heterocycles. The average molecular weight is 392 g/mol. The van der Waals surface area contributed by atoms with Crippen LogP contribution in [0.15, 0.2) is 71.8 Å². The fourth-order valence-corrected chi connectivity index (χ4v) is 4.32. The Balaban J connectivity index is 1.82. The van der Waals surface area contributed by atoms with Crippen molar-refractivity contribution in [3.05, 3.63) is 77.3 Å². The van der Waals surface area contributed by atoms with Crippen molar-refractivity contribution in [3.8, 4) is 16.9 Å². The maximum atomic E-state index is 12.6. The molecule has 2 aromatic carbocycles. The summed E-state index contributed by atoms with van der Waals surface area (Å²) in [6, 6.07) is 19.9. The highest BCUT2D eigenvalue weighted by atomic mass is 32.2. The molecule has 6 heteroatoms. The van der Waals surface area contributed by atoms with Crippen molar-refractivity contribution in [3.63, 3.8) is 0 Å². The van der Waals surface area contributed by atoms with Crippen molar-refractivity contribution < 1.29 is 4.79 Å². The van der Waals surface area contributed by atoms with Crippen molar-refractivity contribution in [2.24, 2.45) is 0 Å². The molecule has 134 valence electrons. The number of para-hydroxylation sites is 1. The molecule has 1 amide bonds. The van der Waals surface area contributed by atoms with Gasteiger partial charge in [-0.15, -0.1) is 0 Å². The highest BCUT2D eigenvalue weighted by Crippen LogP contribution is 2.34. The molecule has 1 saturated heterocycles. The Labute approximate surface area is 167 Å². The number of aromatic nitrogens is 2. The lowest BCUT2D eigenvalue weighted by Gasteiger charge is -2.09. The fraction of sp³-hybridized carbons (Fsp3) is 0.0952. The van der Waals surface area contributed by atoms with Gasteiger partial charge in [-0.05, 0) is 25.1 Å². The van der Waals surface area contributed by atoms with Gasteiger partial charge in [0, 0.05) is 23.9 Å². The second-order valence-corrected chi connectivity index (χ2v) is 7.68. The zero-order valence-corrected chi connectivity index (χ0v) is 16.3. The molecule has 1 aliphatic rings. The van der Waals surface area contributed by atoms with Gasteiger partial charge in [-0.1, -0.05) is 72.5 Å². The Morgan fingerprint density at radius 2 is 1.74 bits per heavy atom. The molecule has 4 nitrogen and oxygen atoms in total. The zero-order chi connectivity index (χ0) is 18.8. The van der Waals surface area contributed by atoms with Gasteiger partial charge in [0.15, 0.2) is 0 Å². The van der Waals surface area contributed by atoms with E-state index in [1.165, 1.54) is 11.8 Å². The molecule has 0 saturated carbocycles. The van der Waals surface area contributed by atoms with E-state index in [1.807, 2.05) is 84.5 Å². The number of hydrogen-bond acceptors (Lipinski definition) is 4. The van der Waals surface area contributed by atoms with Crippen LogP contribution in [-0.2, 0) is 4.79 Å². The number of thiocarbonyl (C=S) groups is 1. The summed E-state index contributed by atoms with van der Waals surface area (Å²) in [5.41, 5.74) is 3.70. The second kappa shape index (κ2) is 7.50. The molecule has 1 fully saturated rings. The third-order valence-corrected chi connectivity index (χ3v) is 5.66. The molecule has 1 aliphatic heterocycles. The lowest BCUT2D eigenvalue weighted by atomic mass is 10.1. The normalized spacial score (nSPS) is 15.7. The number of rotatable bonds is 4. The van der Waals surface area contributed by atoms with Crippen LogP contribution in [0.25, 0.3) is 23.0 Å². The van der Waals surface area contributed by atoms with Crippen molar-refractivity contribution in [1.82, 2.24) is 14.7 Å². The monoisotopic (exact) mass is 391 g/mol. The summed E-state index contributed by atoms with van der Waals surface area (Å²) >= 11 is 6.67. The first-order valence-corrected chi connectivity index (χ1v) is 9.85. The summed E-state index contributed by atoms with van der Waals surface area (Å²) < 4.78 is 2.44. The number of nitrogens with zero attached hydrogens (tertiary/aromatic N) is 3. The van der Waals surface area contributed by atoms with Crippen molar-refractivity contribution in [2.45, 2.75) is 6.92 Å². The van der Waals surface area contributed by atoms with Crippen LogP contribution in [0.3, 0.4) is 0 Å². The van der Waals surface area contributed by atoms with Crippen LogP contribution in [-0.4, -0.2) is 31.5 Å². The lowest BCUT2D eigenvalue weighted by molar-refractivity contribution is -0.121. The molecule has 0 radical (unpaired) electrons. The van der Waals surface area contributed by atoms with Gasteiger partial charge in [0.25, 0.3) is 5.91 Å². The first-order chi connectivity index (χ1) is 13.2. The molecular formula is C21H17N3OS2. The average Bonchev–Trinajstić information content (AvgIpc) is 3.24. The maximum Gasteiger partial charge on any atom is 0.266 e. The van der Waals surface area contributed by atoms with Crippen LogP contribution in [0.4, 0.5) is 0 Å². The number of thioether (sulfide) groups is 1. The van der Waals surface area contributed by atoms with E-state index in [0.29, 0.717) is 15.8 Å². The van der Waals surface area contributed by atoms with Crippen LogP contribution >= 0.6 is 24.0 Å². The molecule has 0 unspecified atom stereocenters. The van der Waals surface area contributed by atoms with Gasteiger partial charge in [0.05, 0.1) is 16.3 Å². The Bertz CT molecular complexity index is 1030. The van der Waals surface area contributed by atoms with Crippen LogP contribution < -0.4 is 0 Å². The molecular weight excluding hydrogens is 374 g/mol. The second-order valence-electron chi connectivity index (χ2n) is 6.01. The minimum atomic E-state index is -0.0426. The lowest BCUT2D eigenvalue weighted by Crippen LogP contribution is -2.27. The number of amides is 1. The molecule has 0 bridgehead atoms. The van der Waals surface area contributed by atoms with Gasteiger partial charge in [-0.3, -0.25) is 9.69 Å². The fourth-order valence-electron chi connectivity index (χ4n) is 2.94. The molecule has 27 heavy (non-hydrogen) atoms. The summed E-state index contributed by atoms with van der Waals surface area (Å²) in [6.07, 6.45) is 3.85. The molecule has 0 N–H and O–H groups in total. The predicted octanol–water partition coefficient (Wildman–Crippen LogP) is 4.76. The number of carbonyl (C=O) groups excluding carboxylic acids is 1. The highest BCUT2D eigenvalue weighted by molar-refractivity contribution is 8.26. The third-order valence-electron chi connectivity index (χ3n) is 4.29.